The summed E-state index contributed by atoms with van der Waals surface area (Å²) in [7, 11) is -3.62. The van der Waals surface area contributed by atoms with Gasteiger partial charge in [0.25, 0.3) is 0 Å². The fourth-order valence-electron chi connectivity index (χ4n) is 3.41. The summed E-state index contributed by atoms with van der Waals surface area (Å²) in [6.45, 7) is 6.74. The van der Waals surface area contributed by atoms with Gasteiger partial charge in [0.15, 0.2) is 0 Å². The molecule has 3 rings (SSSR count). The van der Waals surface area contributed by atoms with Crippen molar-refractivity contribution < 1.29 is 17.6 Å². The maximum absolute atomic E-state index is 13.1. The Labute approximate surface area is 177 Å². The number of urea groups is 1. The smallest absolute Gasteiger partial charge is 0.321 e. The van der Waals surface area contributed by atoms with Gasteiger partial charge in [0, 0.05) is 50.6 Å². The van der Waals surface area contributed by atoms with Crippen molar-refractivity contribution in [3.63, 3.8) is 0 Å². The van der Waals surface area contributed by atoms with Crippen molar-refractivity contribution in [2.75, 3.05) is 49.5 Å². The highest BCUT2D eigenvalue weighted by Gasteiger charge is 2.28. The number of rotatable bonds is 6. The summed E-state index contributed by atoms with van der Waals surface area (Å²) in [5.41, 5.74) is 1.42. The van der Waals surface area contributed by atoms with Crippen LogP contribution in [0.4, 0.5) is 20.6 Å². The monoisotopic (exact) mass is 434 g/mol. The van der Waals surface area contributed by atoms with Gasteiger partial charge in [0.2, 0.25) is 10.0 Å². The lowest BCUT2D eigenvalue weighted by Gasteiger charge is -2.35. The second-order valence-electron chi connectivity index (χ2n) is 6.99. The number of sulfonamides is 1. The molecule has 7 nitrogen and oxygen atoms in total. The molecule has 1 heterocycles. The van der Waals surface area contributed by atoms with E-state index in [2.05, 4.69) is 5.32 Å². The average molecular weight is 435 g/mol. The number of hydrogen-bond acceptors (Lipinski definition) is 4. The van der Waals surface area contributed by atoms with E-state index in [1.54, 1.807) is 29.2 Å². The molecule has 1 saturated heterocycles. The molecule has 1 aliphatic heterocycles. The lowest BCUT2D eigenvalue weighted by atomic mass is 10.2. The van der Waals surface area contributed by atoms with Gasteiger partial charge in [-0.25, -0.2) is 17.6 Å². The molecule has 0 saturated carbocycles. The van der Waals surface area contributed by atoms with Gasteiger partial charge in [-0.2, -0.15) is 4.31 Å². The van der Waals surface area contributed by atoms with E-state index >= 15 is 0 Å². The maximum Gasteiger partial charge on any atom is 0.321 e. The fourth-order valence-corrected chi connectivity index (χ4v) is 4.83. The van der Waals surface area contributed by atoms with Gasteiger partial charge in [-0.1, -0.05) is 0 Å². The Morgan fingerprint density at radius 1 is 0.967 bits per heavy atom. The number of benzene rings is 2. The quantitative estimate of drug-likeness (QED) is 0.758. The molecule has 0 bridgehead atoms. The van der Waals surface area contributed by atoms with Gasteiger partial charge in [0.05, 0.1) is 4.90 Å². The van der Waals surface area contributed by atoms with Crippen molar-refractivity contribution in [2.24, 2.45) is 0 Å². The zero-order valence-electron chi connectivity index (χ0n) is 17.2. The highest BCUT2D eigenvalue weighted by atomic mass is 32.2. The van der Waals surface area contributed by atoms with Crippen LogP contribution in [0.5, 0.6) is 0 Å². The summed E-state index contributed by atoms with van der Waals surface area (Å²) in [4.78, 5) is 16.0. The van der Waals surface area contributed by atoms with Crippen LogP contribution in [0.3, 0.4) is 0 Å². The van der Waals surface area contributed by atoms with Gasteiger partial charge >= 0.3 is 6.03 Å². The fraction of sp³-hybridized carbons (Fsp3) is 0.381. The molecule has 0 aromatic heterocycles. The molecule has 30 heavy (non-hydrogen) atoms. The van der Waals surface area contributed by atoms with E-state index < -0.39 is 10.0 Å². The second kappa shape index (κ2) is 9.44. The first-order chi connectivity index (χ1) is 14.3. The van der Waals surface area contributed by atoms with E-state index in [-0.39, 0.29) is 16.7 Å². The first-order valence-electron chi connectivity index (χ1n) is 10.0. The van der Waals surface area contributed by atoms with E-state index in [0.717, 1.165) is 5.69 Å². The van der Waals surface area contributed by atoms with E-state index in [4.69, 9.17) is 0 Å². The second-order valence-corrected chi connectivity index (χ2v) is 8.93. The molecule has 0 unspecified atom stereocenters. The summed E-state index contributed by atoms with van der Waals surface area (Å²) in [5.74, 6) is -0.295. The van der Waals surface area contributed by atoms with Crippen molar-refractivity contribution in [2.45, 2.75) is 18.7 Å². The SMILES string of the molecule is CCN(CC)C(=O)Nc1ccc(S(=O)(=O)N2CCN(c3ccc(F)cc3)CC2)cc1. The third-order valence-corrected chi connectivity index (χ3v) is 7.14. The van der Waals surface area contributed by atoms with Crippen molar-refractivity contribution in [3.05, 3.63) is 54.3 Å². The van der Waals surface area contributed by atoms with Crippen molar-refractivity contribution in [1.82, 2.24) is 9.21 Å². The summed E-state index contributed by atoms with van der Waals surface area (Å²) < 4.78 is 40.5. The molecule has 0 atom stereocenters. The van der Waals surface area contributed by atoms with E-state index in [9.17, 15) is 17.6 Å². The first-order valence-corrected chi connectivity index (χ1v) is 11.5. The summed E-state index contributed by atoms with van der Waals surface area (Å²) in [6, 6.07) is 12.2. The van der Waals surface area contributed by atoms with Crippen molar-refractivity contribution in [1.29, 1.82) is 0 Å². The lowest BCUT2D eigenvalue weighted by molar-refractivity contribution is 0.217. The number of anilines is 2. The maximum atomic E-state index is 13.1. The standard InChI is InChI=1S/C21H27FN4O3S/c1-3-24(4-2)21(27)23-18-7-11-20(12-8-18)30(28,29)26-15-13-25(14-16-26)19-9-5-17(22)6-10-19/h5-12H,3-4,13-16H2,1-2H3,(H,23,27). The van der Waals surface area contributed by atoms with Crippen LogP contribution in [0.1, 0.15) is 13.8 Å². The van der Waals surface area contributed by atoms with Gasteiger partial charge in [-0.3, -0.25) is 0 Å². The van der Waals surface area contributed by atoms with Gasteiger partial charge in [-0.05, 0) is 62.4 Å². The minimum atomic E-state index is -3.62. The molecule has 0 spiro atoms. The molecule has 1 N–H and O–H groups in total. The predicted octanol–water partition coefficient (Wildman–Crippen LogP) is 3.21. The minimum Gasteiger partial charge on any atom is -0.369 e. The van der Waals surface area contributed by atoms with Crippen LogP contribution in [0.25, 0.3) is 0 Å². The molecule has 0 aliphatic carbocycles. The highest BCUT2D eigenvalue weighted by Crippen LogP contribution is 2.22. The Morgan fingerprint density at radius 3 is 2.07 bits per heavy atom. The average Bonchev–Trinajstić information content (AvgIpc) is 2.75. The minimum absolute atomic E-state index is 0.193. The van der Waals surface area contributed by atoms with Crippen LogP contribution in [0.15, 0.2) is 53.4 Å². The topological polar surface area (TPSA) is 73.0 Å². The summed E-state index contributed by atoms with van der Waals surface area (Å²) >= 11 is 0. The van der Waals surface area contributed by atoms with Crippen LogP contribution in [-0.2, 0) is 10.0 Å². The number of halogens is 1. The van der Waals surface area contributed by atoms with Crippen LogP contribution >= 0.6 is 0 Å². The van der Waals surface area contributed by atoms with E-state index in [0.29, 0.717) is 45.0 Å². The normalized spacial score (nSPS) is 15.1. The zero-order chi connectivity index (χ0) is 21.7. The number of nitrogens with zero attached hydrogens (tertiary/aromatic N) is 3. The third kappa shape index (κ3) is 4.91. The number of carbonyl (C=O) groups excluding carboxylic acids is 1. The number of nitrogens with one attached hydrogen (secondary N) is 1. The Bertz CT molecular complexity index is 953. The molecule has 0 radical (unpaired) electrons. The van der Waals surface area contributed by atoms with Crippen molar-refractivity contribution >= 4 is 27.4 Å². The Morgan fingerprint density at radius 2 is 1.53 bits per heavy atom. The Hall–Kier alpha value is -2.65. The predicted molar refractivity (Wildman–Crippen MR) is 116 cm³/mol. The summed E-state index contributed by atoms with van der Waals surface area (Å²) in [5, 5.41) is 2.78. The molecular formula is C21H27FN4O3S. The largest absolute Gasteiger partial charge is 0.369 e. The highest BCUT2D eigenvalue weighted by molar-refractivity contribution is 7.89. The lowest BCUT2D eigenvalue weighted by Crippen LogP contribution is -2.48. The molecule has 2 aromatic rings. The van der Waals surface area contributed by atoms with Crippen LogP contribution < -0.4 is 10.2 Å². The van der Waals surface area contributed by atoms with Crippen molar-refractivity contribution in [3.8, 4) is 0 Å². The van der Waals surface area contributed by atoms with E-state index in [1.165, 1.54) is 28.6 Å². The molecule has 2 aromatic carbocycles. The zero-order valence-corrected chi connectivity index (χ0v) is 18.0. The van der Waals surface area contributed by atoms with E-state index in [1.807, 2.05) is 18.7 Å². The molecule has 1 aliphatic rings. The number of amides is 2. The first kappa shape index (κ1) is 22.0. The molecule has 1 fully saturated rings. The van der Waals surface area contributed by atoms with Crippen LogP contribution in [0, 0.1) is 5.82 Å². The molecular weight excluding hydrogens is 407 g/mol. The summed E-state index contributed by atoms with van der Waals surface area (Å²) in [6.07, 6.45) is 0. The van der Waals surface area contributed by atoms with Gasteiger partial charge in [-0.15, -0.1) is 0 Å². The Kier molecular flexibility index (Phi) is 6.94. The Balaban J connectivity index is 1.63. The third-order valence-electron chi connectivity index (χ3n) is 5.22. The number of hydrogen-bond donors (Lipinski definition) is 1. The molecule has 2 amide bonds. The van der Waals surface area contributed by atoms with Crippen LogP contribution in [0.2, 0.25) is 0 Å². The van der Waals surface area contributed by atoms with Gasteiger partial charge in [0.1, 0.15) is 5.82 Å². The molecule has 162 valence electrons. The number of piperazine rings is 1. The number of carbonyl (C=O) groups is 1. The molecule has 9 heteroatoms. The van der Waals surface area contributed by atoms with Gasteiger partial charge < -0.3 is 15.1 Å². The van der Waals surface area contributed by atoms with Crippen LogP contribution in [-0.4, -0.2) is 62.9 Å².